The van der Waals surface area contributed by atoms with Crippen LogP contribution in [0.4, 0.5) is 4.79 Å². The Bertz CT molecular complexity index is 1140. The molecule has 3 rings (SSSR count). The van der Waals surface area contributed by atoms with E-state index in [4.69, 9.17) is 4.74 Å². The molecule has 1 heterocycles. The van der Waals surface area contributed by atoms with Crippen molar-refractivity contribution in [3.05, 3.63) is 71.1 Å². The van der Waals surface area contributed by atoms with Gasteiger partial charge in [0.15, 0.2) is 0 Å². The lowest BCUT2D eigenvalue weighted by molar-refractivity contribution is -0.123. The van der Waals surface area contributed by atoms with E-state index in [1.807, 2.05) is 60.0 Å². The number of ether oxygens (including phenoxy) is 1. The van der Waals surface area contributed by atoms with E-state index in [-0.39, 0.29) is 25.3 Å². The number of thiophene rings is 1. The van der Waals surface area contributed by atoms with Crippen molar-refractivity contribution in [1.29, 1.82) is 0 Å². The Labute approximate surface area is 185 Å². The Hall–Kier alpha value is -2.91. The number of fused-ring (bicyclic) bond motifs is 1. The predicted molar refractivity (Wildman–Crippen MR) is 122 cm³/mol. The Morgan fingerprint density at radius 1 is 1.06 bits per heavy atom. The molecule has 7 nitrogen and oxygen atoms in total. The molecule has 2 aromatic carbocycles. The fourth-order valence-electron chi connectivity index (χ4n) is 2.98. The summed E-state index contributed by atoms with van der Waals surface area (Å²) in [5.74, 6) is -0.693. The van der Waals surface area contributed by atoms with Crippen molar-refractivity contribution in [2.75, 3.05) is 12.0 Å². The summed E-state index contributed by atoms with van der Waals surface area (Å²) in [6, 6.07) is 16.0. The van der Waals surface area contributed by atoms with Crippen LogP contribution in [0, 0.1) is 0 Å². The van der Waals surface area contributed by atoms with Crippen LogP contribution in [0.1, 0.15) is 17.5 Å². The number of alkyl carbamates (subject to hydrolysis) is 1. The Balaban J connectivity index is 1.61. The van der Waals surface area contributed by atoms with E-state index in [0.717, 1.165) is 27.5 Å². The molecule has 0 fully saturated rings. The lowest BCUT2D eigenvalue weighted by atomic mass is 10.1. The largest absolute Gasteiger partial charge is 0.445 e. The molecule has 164 valence electrons. The molecule has 0 aliphatic heterocycles. The van der Waals surface area contributed by atoms with Gasteiger partial charge in [-0.15, -0.1) is 11.3 Å². The van der Waals surface area contributed by atoms with Crippen LogP contribution in [0.25, 0.3) is 10.1 Å². The number of hydrogen-bond acceptors (Lipinski definition) is 6. The molecule has 31 heavy (non-hydrogen) atoms. The average Bonchev–Trinajstić information content (AvgIpc) is 3.16. The maximum absolute atomic E-state index is 12.7. The van der Waals surface area contributed by atoms with Gasteiger partial charge in [-0.1, -0.05) is 48.5 Å². The van der Waals surface area contributed by atoms with E-state index in [9.17, 15) is 18.0 Å². The Morgan fingerprint density at radius 2 is 1.77 bits per heavy atom. The molecule has 0 saturated heterocycles. The van der Waals surface area contributed by atoms with Crippen LogP contribution in [0.3, 0.4) is 0 Å². The molecule has 1 aromatic heterocycles. The minimum atomic E-state index is -3.30. The number of hydrogen-bond donors (Lipinski definition) is 2. The van der Waals surface area contributed by atoms with Crippen molar-refractivity contribution in [1.82, 2.24) is 10.6 Å². The van der Waals surface area contributed by atoms with E-state index < -0.39 is 27.9 Å². The highest BCUT2D eigenvalue weighted by Gasteiger charge is 2.23. The van der Waals surface area contributed by atoms with E-state index >= 15 is 0 Å². The zero-order valence-corrected chi connectivity index (χ0v) is 18.7. The van der Waals surface area contributed by atoms with E-state index in [1.54, 1.807) is 11.3 Å². The van der Waals surface area contributed by atoms with E-state index in [0.29, 0.717) is 0 Å². The first kappa shape index (κ1) is 22.8. The standard InChI is InChI=1S/C22H24N2O5S2/c1-31(27,28)12-11-19(24-22(26)29-14-16-7-3-2-4-8-16)21(25)23-13-17-15-30-20-10-6-5-9-18(17)20/h2-10,15,19H,11-14H2,1H3,(H,23,25)(H,24,26). The number of nitrogens with one attached hydrogen (secondary N) is 2. The highest BCUT2D eigenvalue weighted by atomic mass is 32.2. The second-order valence-electron chi connectivity index (χ2n) is 7.15. The van der Waals surface area contributed by atoms with E-state index in [1.165, 1.54) is 0 Å². The molecule has 0 bridgehead atoms. The minimum absolute atomic E-state index is 0.0461. The number of sulfone groups is 1. The molecule has 0 radical (unpaired) electrons. The van der Waals surface area contributed by atoms with Gasteiger partial charge in [-0.25, -0.2) is 13.2 Å². The molecule has 1 unspecified atom stereocenters. The maximum atomic E-state index is 12.7. The molecular weight excluding hydrogens is 436 g/mol. The van der Waals surface area contributed by atoms with Gasteiger partial charge in [-0.3, -0.25) is 4.79 Å². The Morgan fingerprint density at radius 3 is 2.52 bits per heavy atom. The third-order valence-electron chi connectivity index (χ3n) is 4.61. The average molecular weight is 461 g/mol. The lowest BCUT2D eigenvalue weighted by Gasteiger charge is -2.18. The normalized spacial score (nSPS) is 12.3. The van der Waals surface area contributed by atoms with Crippen molar-refractivity contribution >= 4 is 43.3 Å². The molecule has 2 N–H and O–H groups in total. The Kier molecular flexibility index (Phi) is 7.64. The molecular formula is C22H24N2O5S2. The van der Waals surface area contributed by atoms with Gasteiger partial charge in [-0.2, -0.15) is 0 Å². The number of rotatable bonds is 9. The summed E-state index contributed by atoms with van der Waals surface area (Å²) in [6.07, 6.45) is 0.265. The smallest absolute Gasteiger partial charge is 0.408 e. The third kappa shape index (κ3) is 7.08. The van der Waals surface area contributed by atoms with Crippen molar-refractivity contribution in [2.24, 2.45) is 0 Å². The molecule has 0 saturated carbocycles. The van der Waals surface area contributed by atoms with Gasteiger partial charge >= 0.3 is 6.09 Å². The van der Waals surface area contributed by atoms with Crippen molar-refractivity contribution in [2.45, 2.75) is 25.6 Å². The quantitative estimate of drug-likeness (QED) is 0.510. The zero-order valence-electron chi connectivity index (χ0n) is 17.0. The maximum Gasteiger partial charge on any atom is 0.408 e. The summed E-state index contributed by atoms with van der Waals surface area (Å²) in [7, 11) is -3.30. The summed E-state index contributed by atoms with van der Waals surface area (Å²) in [4.78, 5) is 24.9. The molecule has 0 aliphatic rings. The lowest BCUT2D eigenvalue weighted by Crippen LogP contribution is -2.47. The van der Waals surface area contributed by atoms with Crippen molar-refractivity contribution in [3.8, 4) is 0 Å². The van der Waals surface area contributed by atoms with Crippen LogP contribution >= 0.6 is 11.3 Å². The summed E-state index contributed by atoms with van der Waals surface area (Å²) in [5, 5.41) is 8.31. The number of carbonyl (C=O) groups is 2. The predicted octanol–water partition coefficient (Wildman–Crippen LogP) is 3.25. The molecule has 0 spiro atoms. The number of benzene rings is 2. The van der Waals surface area contributed by atoms with Crippen LogP contribution in [0.15, 0.2) is 60.0 Å². The van der Waals surface area contributed by atoms with Gasteiger partial charge in [0, 0.05) is 17.5 Å². The van der Waals surface area contributed by atoms with Gasteiger partial charge in [0.05, 0.1) is 5.75 Å². The van der Waals surface area contributed by atoms with Gasteiger partial charge in [-0.05, 0) is 34.4 Å². The third-order valence-corrected chi connectivity index (χ3v) is 6.60. The topological polar surface area (TPSA) is 102 Å². The fraction of sp³-hybridized carbons (Fsp3) is 0.273. The molecule has 3 aromatic rings. The summed E-state index contributed by atoms with van der Waals surface area (Å²) in [6.45, 7) is 0.326. The first-order valence-corrected chi connectivity index (χ1v) is 12.6. The monoisotopic (exact) mass is 460 g/mol. The fourth-order valence-corrected chi connectivity index (χ4v) is 4.61. The van der Waals surface area contributed by atoms with Gasteiger partial charge in [0.25, 0.3) is 0 Å². The first-order chi connectivity index (χ1) is 14.8. The van der Waals surface area contributed by atoms with Crippen molar-refractivity contribution in [3.63, 3.8) is 0 Å². The summed E-state index contributed by atoms with van der Waals surface area (Å²) >= 11 is 1.58. The van der Waals surface area contributed by atoms with Crippen LogP contribution in [0.5, 0.6) is 0 Å². The van der Waals surface area contributed by atoms with E-state index in [2.05, 4.69) is 10.6 Å². The summed E-state index contributed by atoms with van der Waals surface area (Å²) < 4.78 is 29.4. The zero-order chi connectivity index (χ0) is 22.3. The second kappa shape index (κ2) is 10.4. The highest BCUT2D eigenvalue weighted by molar-refractivity contribution is 7.90. The molecule has 9 heteroatoms. The van der Waals surface area contributed by atoms with Crippen LogP contribution < -0.4 is 10.6 Å². The minimum Gasteiger partial charge on any atom is -0.445 e. The van der Waals surface area contributed by atoms with Crippen molar-refractivity contribution < 1.29 is 22.7 Å². The van der Waals surface area contributed by atoms with Gasteiger partial charge in [0.2, 0.25) is 5.91 Å². The SMILES string of the molecule is CS(=O)(=O)CCC(NC(=O)OCc1ccccc1)C(=O)NCc1csc2ccccc12. The molecule has 0 aliphatic carbocycles. The highest BCUT2D eigenvalue weighted by Crippen LogP contribution is 2.25. The second-order valence-corrected chi connectivity index (χ2v) is 10.3. The van der Waals surface area contributed by atoms with Gasteiger partial charge in [0.1, 0.15) is 22.5 Å². The van der Waals surface area contributed by atoms with Crippen LogP contribution in [-0.4, -0.2) is 38.5 Å². The molecule has 2 amide bonds. The number of amides is 2. The van der Waals surface area contributed by atoms with Gasteiger partial charge < -0.3 is 15.4 Å². The number of carbonyl (C=O) groups excluding carboxylic acids is 2. The first-order valence-electron chi connectivity index (χ1n) is 9.69. The molecule has 1 atom stereocenters. The summed E-state index contributed by atoms with van der Waals surface area (Å²) in [5.41, 5.74) is 1.77. The van der Waals surface area contributed by atoms with Crippen LogP contribution in [-0.2, 0) is 32.5 Å². The van der Waals surface area contributed by atoms with Crippen LogP contribution in [0.2, 0.25) is 0 Å².